The summed E-state index contributed by atoms with van der Waals surface area (Å²) >= 11 is 0. The molecule has 0 N–H and O–H groups in total. The van der Waals surface area contributed by atoms with Crippen molar-refractivity contribution in [1.29, 1.82) is 0 Å². The van der Waals surface area contributed by atoms with E-state index < -0.39 is 0 Å². The number of ketones is 1. The Labute approximate surface area is 115 Å². The lowest BCUT2D eigenvalue weighted by Gasteiger charge is -2.29. The van der Waals surface area contributed by atoms with E-state index in [4.69, 9.17) is 0 Å². The third-order valence-corrected chi connectivity index (χ3v) is 4.90. The summed E-state index contributed by atoms with van der Waals surface area (Å²) < 4.78 is 2.20. The van der Waals surface area contributed by atoms with Gasteiger partial charge in [-0.25, -0.2) is 4.98 Å². The number of hydrogen-bond donors (Lipinski definition) is 0. The second-order valence-electron chi connectivity index (χ2n) is 7.13. The number of hydrogen-bond acceptors (Lipinski definition) is 2. The number of nitrogens with zero attached hydrogens (tertiary/aromatic N) is 2. The predicted octanol–water partition coefficient (Wildman–Crippen LogP) is 3.79. The average molecular weight is 260 g/mol. The molecule has 3 heteroatoms. The van der Waals surface area contributed by atoms with Gasteiger partial charge in [-0.1, -0.05) is 27.2 Å². The summed E-state index contributed by atoms with van der Waals surface area (Å²) in [5.41, 5.74) is 2.02. The van der Waals surface area contributed by atoms with Gasteiger partial charge in [0.1, 0.15) is 5.69 Å². The highest BCUT2D eigenvalue weighted by molar-refractivity contribution is 5.97. The summed E-state index contributed by atoms with van der Waals surface area (Å²) in [5, 5.41) is 0. The minimum atomic E-state index is 0.0743. The van der Waals surface area contributed by atoms with E-state index >= 15 is 0 Å². The highest BCUT2D eigenvalue weighted by Crippen LogP contribution is 2.40. The minimum absolute atomic E-state index is 0.0743. The van der Waals surface area contributed by atoms with Crippen molar-refractivity contribution in [3.8, 4) is 0 Å². The largest absolute Gasteiger partial charge is 0.325 e. The minimum Gasteiger partial charge on any atom is -0.325 e. The maximum Gasteiger partial charge on any atom is 0.181 e. The fourth-order valence-electron chi connectivity index (χ4n) is 3.82. The van der Waals surface area contributed by atoms with E-state index in [2.05, 4.69) is 30.3 Å². The molecule has 3 nitrogen and oxygen atoms in total. The molecule has 1 saturated carbocycles. The van der Waals surface area contributed by atoms with Crippen molar-refractivity contribution in [3.05, 3.63) is 17.7 Å². The van der Waals surface area contributed by atoms with Gasteiger partial charge >= 0.3 is 0 Å². The van der Waals surface area contributed by atoms with Crippen LogP contribution < -0.4 is 0 Å². The number of rotatable bonds is 2. The SMILES string of the molecule is CCC1CCC(n2cnc3c2C(=O)CC(C)(C)C3)C1. The number of Topliss-reactive ketones (excluding diaryl/α,β-unsaturated/α-hetero) is 1. The van der Waals surface area contributed by atoms with E-state index in [1.54, 1.807) is 0 Å². The van der Waals surface area contributed by atoms with E-state index in [9.17, 15) is 4.79 Å². The normalized spacial score (nSPS) is 29.5. The van der Waals surface area contributed by atoms with Crippen LogP contribution in [0.3, 0.4) is 0 Å². The van der Waals surface area contributed by atoms with Crippen LogP contribution in [-0.2, 0) is 6.42 Å². The van der Waals surface area contributed by atoms with Crippen molar-refractivity contribution < 1.29 is 4.79 Å². The van der Waals surface area contributed by atoms with Gasteiger partial charge in [0.15, 0.2) is 5.78 Å². The van der Waals surface area contributed by atoms with Crippen LogP contribution in [0.15, 0.2) is 6.33 Å². The van der Waals surface area contributed by atoms with Crippen LogP contribution >= 0.6 is 0 Å². The quantitative estimate of drug-likeness (QED) is 0.811. The third kappa shape index (κ3) is 2.24. The zero-order valence-corrected chi connectivity index (χ0v) is 12.3. The van der Waals surface area contributed by atoms with Gasteiger partial charge in [0.25, 0.3) is 0 Å². The molecule has 0 aliphatic heterocycles. The molecule has 0 aromatic carbocycles. The molecule has 0 saturated heterocycles. The first-order valence-electron chi connectivity index (χ1n) is 7.59. The van der Waals surface area contributed by atoms with E-state index in [1.165, 1.54) is 25.7 Å². The molecule has 2 unspecified atom stereocenters. The van der Waals surface area contributed by atoms with Gasteiger partial charge in [0.05, 0.1) is 12.0 Å². The summed E-state index contributed by atoms with van der Waals surface area (Å²) in [7, 11) is 0. The van der Waals surface area contributed by atoms with Gasteiger partial charge in [-0.05, 0) is 37.0 Å². The zero-order valence-electron chi connectivity index (χ0n) is 12.3. The number of fused-ring (bicyclic) bond motifs is 1. The second-order valence-corrected chi connectivity index (χ2v) is 7.13. The van der Waals surface area contributed by atoms with Gasteiger partial charge in [-0.3, -0.25) is 4.79 Å². The Hall–Kier alpha value is -1.12. The molecule has 0 radical (unpaired) electrons. The predicted molar refractivity (Wildman–Crippen MR) is 75.3 cm³/mol. The molecule has 2 aliphatic carbocycles. The van der Waals surface area contributed by atoms with Gasteiger partial charge < -0.3 is 4.57 Å². The first kappa shape index (κ1) is 12.9. The Morgan fingerprint density at radius 2 is 2.16 bits per heavy atom. The van der Waals surface area contributed by atoms with Crippen molar-refractivity contribution in [1.82, 2.24) is 9.55 Å². The maximum absolute atomic E-state index is 12.4. The summed E-state index contributed by atoms with van der Waals surface area (Å²) in [5.74, 6) is 1.13. The molecule has 1 fully saturated rings. The summed E-state index contributed by atoms with van der Waals surface area (Å²) in [6.45, 7) is 6.59. The highest BCUT2D eigenvalue weighted by Gasteiger charge is 2.36. The van der Waals surface area contributed by atoms with Gasteiger partial charge in [-0.2, -0.15) is 0 Å². The van der Waals surface area contributed by atoms with Crippen molar-refractivity contribution >= 4 is 5.78 Å². The molecule has 0 amide bonds. The smallest absolute Gasteiger partial charge is 0.181 e. The molecule has 2 aliphatic rings. The average Bonchev–Trinajstić information content (AvgIpc) is 2.92. The summed E-state index contributed by atoms with van der Waals surface area (Å²) in [6, 6.07) is 0.506. The van der Waals surface area contributed by atoms with Crippen LogP contribution in [0.25, 0.3) is 0 Å². The number of carbonyl (C=O) groups is 1. The standard InChI is InChI=1S/C16H24N2O/c1-4-11-5-6-12(7-11)18-10-17-13-8-16(2,3)9-14(19)15(13)18/h10-12H,4-9H2,1-3H3. The molecule has 1 heterocycles. The monoisotopic (exact) mass is 260 g/mol. The summed E-state index contributed by atoms with van der Waals surface area (Å²) in [4.78, 5) is 17.0. The third-order valence-electron chi connectivity index (χ3n) is 4.90. The van der Waals surface area contributed by atoms with E-state index in [0.29, 0.717) is 18.2 Å². The Morgan fingerprint density at radius 3 is 2.84 bits per heavy atom. The second kappa shape index (κ2) is 4.46. The molecular formula is C16H24N2O. The van der Waals surface area contributed by atoms with Crippen LogP contribution in [0.1, 0.15) is 75.1 Å². The topological polar surface area (TPSA) is 34.9 Å². The van der Waals surface area contributed by atoms with Gasteiger partial charge in [0, 0.05) is 12.5 Å². The van der Waals surface area contributed by atoms with Gasteiger partial charge in [0.2, 0.25) is 0 Å². The van der Waals surface area contributed by atoms with Crippen LogP contribution in [0.5, 0.6) is 0 Å². The molecule has 3 rings (SSSR count). The Kier molecular flexibility index (Phi) is 3.03. The Morgan fingerprint density at radius 1 is 1.37 bits per heavy atom. The fraction of sp³-hybridized carbons (Fsp3) is 0.750. The van der Waals surface area contributed by atoms with Crippen molar-refractivity contribution in [2.24, 2.45) is 11.3 Å². The lowest BCUT2D eigenvalue weighted by Crippen LogP contribution is -2.29. The van der Waals surface area contributed by atoms with Crippen LogP contribution in [-0.4, -0.2) is 15.3 Å². The lowest BCUT2D eigenvalue weighted by molar-refractivity contribution is 0.0898. The Balaban J connectivity index is 1.90. The van der Waals surface area contributed by atoms with Crippen LogP contribution in [0.2, 0.25) is 0 Å². The fourth-order valence-corrected chi connectivity index (χ4v) is 3.82. The molecular weight excluding hydrogens is 236 g/mol. The first-order valence-corrected chi connectivity index (χ1v) is 7.59. The van der Waals surface area contributed by atoms with Crippen molar-refractivity contribution in [2.45, 2.75) is 65.3 Å². The Bertz CT molecular complexity index is 501. The van der Waals surface area contributed by atoms with Crippen LogP contribution in [0.4, 0.5) is 0 Å². The van der Waals surface area contributed by atoms with Crippen molar-refractivity contribution in [3.63, 3.8) is 0 Å². The highest BCUT2D eigenvalue weighted by atomic mass is 16.1. The lowest BCUT2D eigenvalue weighted by atomic mass is 9.77. The zero-order chi connectivity index (χ0) is 13.6. The molecule has 0 spiro atoms. The molecule has 1 aromatic rings. The van der Waals surface area contributed by atoms with Gasteiger partial charge in [-0.15, -0.1) is 0 Å². The van der Waals surface area contributed by atoms with E-state index in [0.717, 1.165) is 23.7 Å². The molecule has 1 aromatic heterocycles. The molecule has 19 heavy (non-hydrogen) atoms. The van der Waals surface area contributed by atoms with E-state index in [1.807, 2.05) is 6.33 Å². The number of aromatic nitrogens is 2. The molecule has 104 valence electrons. The maximum atomic E-state index is 12.4. The van der Waals surface area contributed by atoms with Crippen LogP contribution in [0, 0.1) is 11.3 Å². The first-order chi connectivity index (χ1) is 9.00. The number of carbonyl (C=O) groups excluding carboxylic acids is 1. The van der Waals surface area contributed by atoms with Crippen molar-refractivity contribution in [2.75, 3.05) is 0 Å². The summed E-state index contributed by atoms with van der Waals surface area (Å²) in [6.07, 6.45) is 8.50. The van der Waals surface area contributed by atoms with E-state index in [-0.39, 0.29) is 5.41 Å². The number of imidazole rings is 1. The molecule has 0 bridgehead atoms. The molecule has 2 atom stereocenters.